The number of nitrogens with zero attached hydrogens (tertiary/aromatic N) is 2. The number of ether oxygens (including phenoxy) is 1. The molecule has 1 aliphatic rings. The molecule has 0 heterocycles. The van der Waals surface area contributed by atoms with E-state index in [-0.39, 0.29) is 23.4 Å². The minimum Gasteiger partial charge on any atom is -0.497 e. The molecule has 0 aliphatic heterocycles. The Kier molecular flexibility index (Phi) is 10.6. The minimum absolute atomic E-state index is 0.0834. The Labute approximate surface area is 253 Å². The quantitative estimate of drug-likeness (QED) is 0.277. The summed E-state index contributed by atoms with van der Waals surface area (Å²) in [6, 6.07) is 20.2. The van der Waals surface area contributed by atoms with Crippen LogP contribution in [-0.4, -0.2) is 57.1 Å². The highest BCUT2D eigenvalue weighted by atomic mass is 32.2. The summed E-state index contributed by atoms with van der Waals surface area (Å²) in [4.78, 5) is 29.9. The lowest BCUT2D eigenvalue weighted by Crippen LogP contribution is -2.52. The average molecular weight is 610 g/mol. The highest BCUT2D eigenvalue weighted by Gasteiger charge is 2.33. The van der Waals surface area contributed by atoms with Gasteiger partial charge in [-0.2, -0.15) is 0 Å². The molecule has 1 N–H and O–H groups in total. The molecule has 1 saturated carbocycles. The van der Waals surface area contributed by atoms with Crippen LogP contribution in [0, 0.1) is 6.92 Å². The number of amides is 2. The van der Waals surface area contributed by atoms with Gasteiger partial charge in [0.2, 0.25) is 11.8 Å². The molecular weight excluding hydrogens is 571 g/mol. The third kappa shape index (κ3) is 7.66. The largest absolute Gasteiger partial charge is 0.497 e. The van der Waals surface area contributed by atoms with Crippen molar-refractivity contribution in [2.45, 2.75) is 68.0 Å². The van der Waals surface area contributed by atoms with Crippen LogP contribution >= 0.6 is 11.8 Å². The lowest BCUT2D eigenvalue weighted by molar-refractivity contribution is -0.139. The summed E-state index contributed by atoms with van der Waals surface area (Å²) in [6.45, 7) is 3.24. The second-order valence-corrected chi connectivity index (χ2v) is 13.3. The molecule has 0 unspecified atom stereocenters. The van der Waals surface area contributed by atoms with Crippen molar-refractivity contribution in [2.24, 2.45) is 0 Å². The number of carbonyl (C=O) groups is 2. The lowest BCUT2D eigenvalue weighted by atomic mass is 10.1. The highest BCUT2D eigenvalue weighted by Crippen LogP contribution is 2.27. The molecule has 1 atom stereocenters. The number of benzene rings is 3. The maximum absolute atomic E-state index is 14.1. The molecule has 224 valence electrons. The third-order valence-electron chi connectivity index (χ3n) is 7.60. The van der Waals surface area contributed by atoms with Gasteiger partial charge in [-0.05, 0) is 87.0 Å². The van der Waals surface area contributed by atoms with Crippen LogP contribution in [0.5, 0.6) is 5.75 Å². The van der Waals surface area contributed by atoms with Gasteiger partial charge in [0.1, 0.15) is 18.3 Å². The van der Waals surface area contributed by atoms with Gasteiger partial charge in [0.25, 0.3) is 10.0 Å². The number of carbonyl (C=O) groups excluding carboxylic acids is 2. The first-order valence-corrected chi connectivity index (χ1v) is 16.7. The first-order chi connectivity index (χ1) is 20.1. The fourth-order valence-electron chi connectivity index (χ4n) is 5.06. The van der Waals surface area contributed by atoms with Gasteiger partial charge < -0.3 is 15.0 Å². The molecule has 0 radical (unpaired) electrons. The van der Waals surface area contributed by atoms with Gasteiger partial charge in [0, 0.05) is 17.5 Å². The number of methoxy groups -OCH3 is 1. The molecule has 8 nitrogen and oxygen atoms in total. The zero-order chi connectivity index (χ0) is 30.3. The zero-order valence-electron chi connectivity index (χ0n) is 24.6. The van der Waals surface area contributed by atoms with Gasteiger partial charge >= 0.3 is 0 Å². The SMILES string of the molecule is COc1cccc(CN(C(=O)CN(c2ccc(C)cc2)S(=O)(=O)c2ccc(SC)cc2)[C@H](C)C(=O)NC2CCCC2)c1. The van der Waals surface area contributed by atoms with Gasteiger partial charge in [-0.15, -0.1) is 11.8 Å². The summed E-state index contributed by atoms with van der Waals surface area (Å²) in [5.74, 6) is -0.118. The number of thioether (sulfide) groups is 1. The molecule has 3 aromatic carbocycles. The van der Waals surface area contributed by atoms with Crippen LogP contribution in [0.3, 0.4) is 0 Å². The maximum Gasteiger partial charge on any atom is 0.264 e. The van der Waals surface area contributed by atoms with Crippen molar-refractivity contribution in [3.05, 3.63) is 83.9 Å². The van der Waals surface area contributed by atoms with Crippen LogP contribution in [0.1, 0.15) is 43.7 Å². The molecule has 4 rings (SSSR count). The molecule has 42 heavy (non-hydrogen) atoms. The van der Waals surface area contributed by atoms with E-state index in [0.29, 0.717) is 11.4 Å². The predicted octanol–water partition coefficient (Wildman–Crippen LogP) is 5.40. The van der Waals surface area contributed by atoms with Gasteiger partial charge in [0.05, 0.1) is 17.7 Å². The van der Waals surface area contributed by atoms with Crippen molar-refractivity contribution >= 4 is 39.3 Å². The van der Waals surface area contributed by atoms with Crippen molar-refractivity contribution < 1.29 is 22.7 Å². The van der Waals surface area contributed by atoms with E-state index in [0.717, 1.165) is 46.0 Å². The summed E-state index contributed by atoms with van der Waals surface area (Å²) in [6.07, 6.45) is 5.87. The summed E-state index contributed by atoms with van der Waals surface area (Å²) in [5.41, 5.74) is 2.09. The van der Waals surface area contributed by atoms with Gasteiger partial charge in [-0.25, -0.2) is 8.42 Å². The number of anilines is 1. The number of aryl methyl sites for hydroxylation is 1. The van der Waals surface area contributed by atoms with E-state index in [2.05, 4.69) is 5.32 Å². The standard InChI is InChI=1S/C32H39N3O5S2/c1-23-12-14-27(15-13-23)35(42(38,39)30-18-16-29(41-4)17-19-30)22-31(36)34(21-25-8-7-11-28(20-25)40-3)24(2)32(37)33-26-9-5-6-10-26/h7-8,11-20,24,26H,5-6,9-10,21-22H2,1-4H3,(H,33,37)/t24-/m1/s1. The third-order valence-corrected chi connectivity index (χ3v) is 10.1. The Balaban J connectivity index is 1.69. The van der Waals surface area contributed by atoms with Crippen LogP contribution in [0.4, 0.5) is 5.69 Å². The lowest BCUT2D eigenvalue weighted by Gasteiger charge is -2.32. The first-order valence-electron chi connectivity index (χ1n) is 14.1. The Bertz CT molecular complexity index is 1470. The predicted molar refractivity (Wildman–Crippen MR) is 167 cm³/mol. The van der Waals surface area contributed by atoms with E-state index in [1.165, 1.54) is 16.7 Å². The molecule has 10 heteroatoms. The molecule has 1 fully saturated rings. The molecule has 0 aromatic heterocycles. The fourth-order valence-corrected chi connectivity index (χ4v) is 6.88. The summed E-state index contributed by atoms with van der Waals surface area (Å²) in [7, 11) is -2.55. The van der Waals surface area contributed by atoms with E-state index in [9.17, 15) is 18.0 Å². The molecule has 1 aliphatic carbocycles. The van der Waals surface area contributed by atoms with E-state index in [1.807, 2.05) is 43.5 Å². The Hall–Kier alpha value is -3.50. The van der Waals surface area contributed by atoms with Crippen LogP contribution in [0.2, 0.25) is 0 Å². The first kappa shape index (κ1) is 31.4. The fraction of sp³-hybridized carbons (Fsp3) is 0.375. The topological polar surface area (TPSA) is 96.0 Å². The van der Waals surface area contributed by atoms with Crippen molar-refractivity contribution in [3.8, 4) is 5.75 Å². The van der Waals surface area contributed by atoms with E-state index in [1.54, 1.807) is 56.5 Å². The summed E-state index contributed by atoms with van der Waals surface area (Å²) < 4.78 is 34.5. The second kappa shape index (κ2) is 14.1. The Morgan fingerprint density at radius 3 is 2.31 bits per heavy atom. The highest BCUT2D eigenvalue weighted by molar-refractivity contribution is 7.98. The van der Waals surface area contributed by atoms with E-state index in [4.69, 9.17) is 4.74 Å². The minimum atomic E-state index is -4.11. The van der Waals surface area contributed by atoms with Crippen molar-refractivity contribution in [2.75, 3.05) is 24.2 Å². The van der Waals surface area contributed by atoms with E-state index >= 15 is 0 Å². The molecular formula is C32H39N3O5S2. The molecule has 2 amide bonds. The van der Waals surface area contributed by atoms with Crippen molar-refractivity contribution in [3.63, 3.8) is 0 Å². The van der Waals surface area contributed by atoms with E-state index < -0.39 is 28.5 Å². The molecule has 0 saturated heterocycles. The van der Waals surface area contributed by atoms with Crippen molar-refractivity contribution in [1.82, 2.24) is 10.2 Å². The molecule has 0 bridgehead atoms. The summed E-state index contributed by atoms with van der Waals surface area (Å²) >= 11 is 1.51. The van der Waals surface area contributed by atoms with Gasteiger partial charge in [-0.3, -0.25) is 13.9 Å². The van der Waals surface area contributed by atoms with Crippen LogP contribution in [0.15, 0.2) is 82.6 Å². The van der Waals surface area contributed by atoms with Crippen LogP contribution < -0.4 is 14.4 Å². The number of hydrogen-bond donors (Lipinski definition) is 1. The number of hydrogen-bond acceptors (Lipinski definition) is 6. The maximum atomic E-state index is 14.1. The molecule has 0 spiro atoms. The number of rotatable bonds is 12. The normalized spacial score (nSPS) is 14.3. The zero-order valence-corrected chi connectivity index (χ0v) is 26.2. The monoisotopic (exact) mass is 609 g/mol. The Morgan fingerprint density at radius 1 is 1.02 bits per heavy atom. The number of sulfonamides is 1. The van der Waals surface area contributed by atoms with Gasteiger partial charge in [0.15, 0.2) is 0 Å². The number of nitrogens with one attached hydrogen (secondary N) is 1. The average Bonchev–Trinajstić information content (AvgIpc) is 3.52. The van der Waals surface area contributed by atoms with Crippen molar-refractivity contribution in [1.29, 1.82) is 0 Å². The van der Waals surface area contributed by atoms with Crippen LogP contribution in [-0.2, 0) is 26.2 Å². The smallest absolute Gasteiger partial charge is 0.264 e. The van der Waals surface area contributed by atoms with Crippen LogP contribution in [0.25, 0.3) is 0 Å². The molecule has 3 aromatic rings. The second-order valence-electron chi connectivity index (χ2n) is 10.6. The van der Waals surface area contributed by atoms with Gasteiger partial charge in [-0.1, -0.05) is 42.7 Å². The Morgan fingerprint density at radius 2 is 1.69 bits per heavy atom. The summed E-state index contributed by atoms with van der Waals surface area (Å²) in [5, 5.41) is 3.09.